The van der Waals surface area contributed by atoms with Gasteiger partial charge in [-0.3, -0.25) is 4.79 Å². The van der Waals surface area contributed by atoms with E-state index in [0.29, 0.717) is 17.9 Å². The second-order valence-electron chi connectivity index (χ2n) is 7.71. The quantitative estimate of drug-likeness (QED) is 0.184. The molecule has 188 valence electrons. The summed E-state index contributed by atoms with van der Waals surface area (Å²) in [7, 11) is 0. The predicted molar refractivity (Wildman–Crippen MR) is 132 cm³/mol. The molecule has 10 heteroatoms. The Morgan fingerprint density at radius 3 is 2.31 bits per heavy atom. The Morgan fingerprint density at radius 2 is 1.64 bits per heavy atom. The van der Waals surface area contributed by atoms with E-state index in [-0.39, 0.29) is 5.69 Å². The van der Waals surface area contributed by atoms with Gasteiger partial charge in [-0.05, 0) is 78.7 Å². The molecular formula is C26H25F3N4O3. The van der Waals surface area contributed by atoms with E-state index in [1.807, 2.05) is 24.3 Å². The number of urea groups is 1. The summed E-state index contributed by atoms with van der Waals surface area (Å²) in [6.07, 6.45) is -0.967. The maximum atomic E-state index is 12.8. The zero-order valence-corrected chi connectivity index (χ0v) is 19.4. The number of rotatable bonds is 9. The summed E-state index contributed by atoms with van der Waals surface area (Å²) in [5, 5.41) is 8.78. The molecule has 36 heavy (non-hydrogen) atoms. The highest BCUT2D eigenvalue weighted by Gasteiger charge is 2.30. The Hall–Kier alpha value is -4.34. The Balaban J connectivity index is 1.49. The van der Waals surface area contributed by atoms with Gasteiger partial charge in [0.25, 0.3) is 5.91 Å². The number of hydrazone groups is 1. The highest BCUT2D eigenvalue weighted by atomic mass is 19.4. The molecule has 0 saturated heterocycles. The molecule has 0 aliphatic rings. The van der Waals surface area contributed by atoms with Crippen molar-refractivity contribution in [2.24, 2.45) is 5.10 Å². The van der Waals surface area contributed by atoms with E-state index < -0.39 is 23.7 Å². The molecule has 3 aromatic rings. The molecule has 0 aliphatic carbocycles. The Kier molecular flexibility index (Phi) is 9.04. The molecule has 3 rings (SSSR count). The average Bonchev–Trinajstić information content (AvgIpc) is 2.85. The average molecular weight is 499 g/mol. The van der Waals surface area contributed by atoms with Gasteiger partial charge in [0.2, 0.25) is 0 Å². The number of benzene rings is 3. The second-order valence-corrected chi connectivity index (χ2v) is 7.71. The van der Waals surface area contributed by atoms with Crippen molar-refractivity contribution in [1.29, 1.82) is 0 Å². The topological polar surface area (TPSA) is 91.8 Å². The van der Waals surface area contributed by atoms with Crippen molar-refractivity contribution in [3.63, 3.8) is 0 Å². The molecule has 0 spiro atoms. The Bertz CT molecular complexity index is 1190. The van der Waals surface area contributed by atoms with E-state index in [1.165, 1.54) is 42.6 Å². The van der Waals surface area contributed by atoms with E-state index in [4.69, 9.17) is 4.74 Å². The van der Waals surface area contributed by atoms with Gasteiger partial charge in [0, 0.05) is 16.9 Å². The van der Waals surface area contributed by atoms with Crippen LogP contribution in [0.4, 0.5) is 29.3 Å². The molecule has 0 radical (unpaired) electrons. The van der Waals surface area contributed by atoms with Crippen LogP contribution in [0.1, 0.15) is 41.3 Å². The van der Waals surface area contributed by atoms with Crippen molar-refractivity contribution >= 4 is 29.5 Å². The van der Waals surface area contributed by atoms with Gasteiger partial charge < -0.3 is 15.4 Å². The fourth-order valence-corrected chi connectivity index (χ4v) is 2.99. The molecule has 0 aliphatic heterocycles. The highest BCUT2D eigenvalue weighted by Crippen LogP contribution is 2.30. The molecule has 0 atom stereocenters. The molecule has 3 amide bonds. The molecule has 3 aromatic carbocycles. The molecule has 7 nitrogen and oxygen atoms in total. The lowest BCUT2D eigenvalue weighted by Crippen LogP contribution is -2.20. The van der Waals surface area contributed by atoms with Crippen molar-refractivity contribution in [2.45, 2.75) is 25.9 Å². The van der Waals surface area contributed by atoms with Crippen LogP contribution in [0, 0.1) is 0 Å². The number of carbonyl (C=O) groups is 2. The minimum absolute atomic E-state index is 0.00477. The molecule has 0 heterocycles. The third-order valence-corrected chi connectivity index (χ3v) is 4.88. The lowest BCUT2D eigenvalue weighted by molar-refractivity contribution is -0.137. The van der Waals surface area contributed by atoms with Crippen LogP contribution in [-0.4, -0.2) is 24.8 Å². The smallest absolute Gasteiger partial charge is 0.416 e. The van der Waals surface area contributed by atoms with Crippen LogP contribution in [0.25, 0.3) is 0 Å². The van der Waals surface area contributed by atoms with Gasteiger partial charge >= 0.3 is 12.2 Å². The molecule has 0 fully saturated rings. The van der Waals surface area contributed by atoms with Crippen LogP contribution in [0.15, 0.2) is 77.9 Å². The zero-order chi connectivity index (χ0) is 26.0. The van der Waals surface area contributed by atoms with Crippen LogP contribution >= 0.6 is 0 Å². The van der Waals surface area contributed by atoms with Gasteiger partial charge in [-0.2, -0.15) is 18.3 Å². The first-order chi connectivity index (χ1) is 17.2. The van der Waals surface area contributed by atoms with Gasteiger partial charge in [0.05, 0.1) is 18.4 Å². The Labute approximate surface area is 206 Å². The predicted octanol–water partition coefficient (Wildman–Crippen LogP) is 6.29. The van der Waals surface area contributed by atoms with E-state index in [2.05, 4.69) is 28.1 Å². The molecule has 0 unspecified atom stereocenters. The van der Waals surface area contributed by atoms with Crippen LogP contribution in [0.3, 0.4) is 0 Å². The van der Waals surface area contributed by atoms with Crippen LogP contribution in [0.5, 0.6) is 5.75 Å². The van der Waals surface area contributed by atoms with Gasteiger partial charge in [-0.15, -0.1) is 0 Å². The monoisotopic (exact) mass is 498 g/mol. The van der Waals surface area contributed by atoms with E-state index >= 15 is 0 Å². The minimum Gasteiger partial charge on any atom is -0.494 e. The number of alkyl halides is 3. The van der Waals surface area contributed by atoms with Gasteiger partial charge in [-0.25, -0.2) is 10.2 Å². The van der Waals surface area contributed by atoms with Crippen molar-refractivity contribution in [1.82, 2.24) is 5.43 Å². The molecular weight excluding hydrogens is 473 g/mol. The third kappa shape index (κ3) is 8.15. The van der Waals surface area contributed by atoms with Crippen LogP contribution in [0.2, 0.25) is 0 Å². The molecule has 0 saturated carbocycles. The van der Waals surface area contributed by atoms with E-state index in [1.54, 1.807) is 0 Å². The molecule has 0 aromatic heterocycles. The highest BCUT2D eigenvalue weighted by molar-refractivity contribution is 6.00. The summed E-state index contributed by atoms with van der Waals surface area (Å²) in [6.45, 7) is 2.75. The molecule has 0 bridgehead atoms. The maximum absolute atomic E-state index is 12.8. The summed E-state index contributed by atoms with van der Waals surface area (Å²) in [5.74, 6) is 0.313. The number of hydrogen-bond acceptors (Lipinski definition) is 4. The second kappa shape index (κ2) is 12.4. The van der Waals surface area contributed by atoms with Crippen molar-refractivity contribution in [2.75, 3.05) is 17.2 Å². The number of anilines is 2. The van der Waals surface area contributed by atoms with E-state index in [0.717, 1.165) is 36.3 Å². The van der Waals surface area contributed by atoms with Gasteiger partial charge in [-0.1, -0.05) is 19.4 Å². The SMILES string of the molecule is CCCCOc1ccc(/C=N/NC(=O)c2ccc(NC(=O)Nc3cccc(C(F)(F)F)c3)cc2)cc1. The first kappa shape index (κ1) is 26.3. The van der Waals surface area contributed by atoms with Crippen LogP contribution in [-0.2, 0) is 6.18 Å². The fourth-order valence-electron chi connectivity index (χ4n) is 2.99. The van der Waals surface area contributed by atoms with E-state index in [9.17, 15) is 22.8 Å². The van der Waals surface area contributed by atoms with Crippen LogP contribution < -0.4 is 20.8 Å². The standard InChI is InChI=1S/C26H25F3N4O3/c1-2-3-15-36-23-13-7-18(8-14-23)17-30-33-24(34)19-9-11-21(12-10-19)31-25(35)32-22-6-4-5-20(16-22)26(27,28)29/h4-14,16-17H,2-3,15H2,1H3,(H,33,34)(H2,31,32,35)/b30-17+. The number of carbonyl (C=O) groups excluding carboxylic acids is 2. The normalized spacial score (nSPS) is 11.2. The number of amides is 3. The summed E-state index contributed by atoms with van der Waals surface area (Å²) in [4.78, 5) is 24.4. The third-order valence-electron chi connectivity index (χ3n) is 4.88. The lowest BCUT2D eigenvalue weighted by Gasteiger charge is -2.11. The number of unbranched alkanes of at least 4 members (excludes halogenated alkanes) is 1. The Morgan fingerprint density at radius 1 is 0.944 bits per heavy atom. The number of nitrogens with zero attached hydrogens (tertiary/aromatic N) is 1. The largest absolute Gasteiger partial charge is 0.494 e. The summed E-state index contributed by atoms with van der Waals surface area (Å²) in [5.41, 5.74) is 2.98. The first-order valence-electron chi connectivity index (χ1n) is 11.2. The van der Waals surface area contributed by atoms with Crippen molar-refractivity contribution < 1.29 is 27.5 Å². The number of ether oxygens (including phenoxy) is 1. The van der Waals surface area contributed by atoms with Crippen molar-refractivity contribution in [3.8, 4) is 5.75 Å². The maximum Gasteiger partial charge on any atom is 0.416 e. The van der Waals surface area contributed by atoms with Gasteiger partial charge in [0.1, 0.15) is 5.75 Å². The number of halogens is 3. The number of nitrogens with one attached hydrogen (secondary N) is 3. The number of hydrogen-bond donors (Lipinski definition) is 3. The van der Waals surface area contributed by atoms with Gasteiger partial charge in [0.15, 0.2) is 0 Å². The summed E-state index contributed by atoms with van der Waals surface area (Å²) < 4.78 is 44.0. The summed E-state index contributed by atoms with van der Waals surface area (Å²) >= 11 is 0. The summed E-state index contributed by atoms with van der Waals surface area (Å²) in [6, 6.07) is 16.8. The first-order valence-corrected chi connectivity index (χ1v) is 11.2. The zero-order valence-electron chi connectivity index (χ0n) is 19.4. The minimum atomic E-state index is -4.51. The fraction of sp³-hybridized carbons (Fsp3) is 0.192. The lowest BCUT2D eigenvalue weighted by atomic mass is 10.2. The molecule has 3 N–H and O–H groups in total. The van der Waals surface area contributed by atoms with Crippen molar-refractivity contribution in [3.05, 3.63) is 89.5 Å².